The number of nitrogens with zero attached hydrogens (tertiary/aromatic N) is 1. The van der Waals surface area contributed by atoms with Crippen molar-refractivity contribution in [3.05, 3.63) is 146 Å². The summed E-state index contributed by atoms with van der Waals surface area (Å²) in [6.07, 6.45) is 111. The summed E-state index contributed by atoms with van der Waals surface area (Å²) in [5.41, 5.74) is 0. The van der Waals surface area contributed by atoms with Crippen molar-refractivity contribution in [2.45, 2.75) is 341 Å². The van der Waals surface area contributed by atoms with Crippen LogP contribution in [0.25, 0.3) is 0 Å². The fourth-order valence-electron chi connectivity index (χ4n) is 10.8. The Hall–Kier alpha value is -4.11. The molecule has 0 rings (SSSR count). The zero-order valence-corrected chi connectivity index (χ0v) is 63.7. The molecule has 0 aliphatic carbocycles. The molecule has 0 aliphatic heterocycles. The van der Waals surface area contributed by atoms with E-state index in [-0.39, 0.29) is 32.0 Å². The van der Waals surface area contributed by atoms with E-state index in [2.05, 4.69) is 160 Å². The van der Waals surface area contributed by atoms with Crippen molar-refractivity contribution in [3.8, 4) is 0 Å². The highest BCUT2D eigenvalue weighted by atomic mass is 31.2. The first kappa shape index (κ1) is 91.9. The van der Waals surface area contributed by atoms with Gasteiger partial charge in [-0.2, -0.15) is 0 Å². The second-order valence-corrected chi connectivity index (χ2v) is 28.8. The lowest BCUT2D eigenvalue weighted by molar-refractivity contribution is -0.870. The topological polar surface area (TPSA) is 111 Å². The molecule has 9 nitrogen and oxygen atoms in total. The van der Waals surface area contributed by atoms with E-state index in [1.54, 1.807) is 0 Å². The number of allylic oxidation sites excluding steroid dienone is 24. The van der Waals surface area contributed by atoms with Crippen molar-refractivity contribution in [3.63, 3.8) is 0 Å². The molecule has 0 aliphatic rings. The maximum atomic E-state index is 12.9. The molecule has 0 N–H and O–H groups in total. The van der Waals surface area contributed by atoms with Crippen LogP contribution in [0, 0.1) is 0 Å². The number of unbranched alkanes of at least 4 members (excludes halogenated alkanes) is 34. The smallest absolute Gasteiger partial charge is 0.306 e. The number of ether oxygens (including phenoxy) is 2. The monoisotopic (exact) mass is 1350 g/mol. The van der Waals surface area contributed by atoms with Crippen LogP contribution in [0.5, 0.6) is 0 Å². The maximum Gasteiger partial charge on any atom is 0.306 e. The second-order valence-electron chi connectivity index (χ2n) is 27.3. The van der Waals surface area contributed by atoms with Gasteiger partial charge in [0.05, 0.1) is 27.7 Å². The molecule has 0 aromatic carbocycles. The zero-order valence-electron chi connectivity index (χ0n) is 62.8. The molecule has 0 fully saturated rings. The van der Waals surface area contributed by atoms with E-state index < -0.39 is 26.5 Å². The highest BCUT2D eigenvalue weighted by Gasteiger charge is 2.22. The van der Waals surface area contributed by atoms with Gasteiger partial charge < -0.3 is 27.9 Å². The average molecular weight is 1360 g/mol. The van der Waals surface area contributed by atoms with Crippen LogP contribution in [0.3, 0.4) is 0 Å². The molecule has 2 unspecified atom stereocenters. The van der Waals surface area contributed by atoms with Gasteiger partial charge in [0.15, 0.2) is 6.10 Å². The van der Waals surface area contributed by atoms with E-state index in [9.17, 15) is 19.0 Å². The van der Waals surface area contributed by atoms with Gasteiger partial charge >= 0.3 is 11.9 Å². The predicted molar refractivity (Wildman–Crippen MR) is 415 cm³/mol. The summed E-state index contributed by atoms with van der Waals surface area (Å²) in [6.45, 7) is 4.10. The number of carbonyl (C=O) groups is 2. The van der Waals surface area contributed by atoms with Gasteiger partial charge in [0.1, 0.15) is 19.8 Å². The lowest BCUT2D eigenvalue weighted by Gasteiger charge is -2.28. The van der Waals surface area contributed by atoms with Gasteiger partial charge in [-0.1, -0.05) is 346 Å². The van der Waals surface area contributed by atoms with Crippen molar-refractivity contribution in [2.75, 3.05) is 47.5 Å². The Morgan fingerprint density at radius 2 is 0.594 bits per heavy atom. The quantitative estimate of drug-likeness (QED) is 0.0195. The van der Waals surface area contributed by atoms with Crippen molar-refractivity contribution in [1.82, 2.24) is 0 Å². The molecule has 0 amide bonds. The standard InChI is InChI=1S/C86H148NO8P/c1-6-8-10-12-14-16-18-20-22-24-26-28-30-32-34-36-38-40-42-43-45-46-48-50-52-54-56-58-60-62-64-66-68-70-72-74-76-78-85(88)92-82-84(83-94-96(90,91)93-81-80-87(3,4)5)95-86(89)79-77-75-73-71-69-67-65-63-61-59-57-55-53-51-49-47-44-41-39-37-35-33-31-29-27-25-23-21-19-17-15-13-11-9-7-2/h9,11,15,17-18,20-21,23-24,26-27,29,33,35,39,41,47,49,53,55,59,61,65,67,84H,6-8,10,12-14,16,19,22,25,28,30-32,34,36-38,40,42-46,48,50-52,54,56-58,60,62-64,66,68-83H2,1-5H3/b11-9-,17-15-,20-18-,23-21-,26-24-,29-27-,35-33-,41-39-,49-47-,55-53-,61-59-,67-65-. The highest BCUT2D eigenvalue weighted by Crippen LogP contribution is 2.38. The second kappa shape index (κ2) is 75.1. The minimum absolute atomic E-state index is 0.0421. The van der Waals surface area contributed by atoms with Crippen molar-refractivity contribution >= 4 is 19.8 Å². The first-order chi connectivity index (χ1) is 47.0. The summed E-state index contributed by atoms with van der Waals surface area (Å²) >= 11 is 0. The third kappa shape index (κ3) is 78.9. The largest absolute Gasteiger partial charge is 0.756 e. The Bertz CT molecular complexity index is 2140. The molecule has 0 saturated carbocycles. The van der Waals surface area contributed by atoms with Crippen molar-refractivity contribution in [1.29, 1.82) is 0 Å². The molecule has 0 bridgehead atoms. The molecule has 550 valence electrons. The number of esters is 2. The van der Waals surface area contributed by atoms with Crippen LogP contribution >= 0.6 is 7.82 Å². The minimum Gasteiger partial charge on any atom is -0.756 e. The van der Waals surface area contributed by atoms with Crippen LogP contribution in [0.4, 0.5) is 0 Å². The van der Waals surface area contributed by atoms with Crippen LogP contribution < -0.4 is 4.89 Å². The first-order valence-electron chi connectivity index (χ1n) is 39.5. The molecule has 0 heterocycles. The summed E-state index contributed by atoms with van der Waals surface area (Å²) in [7, 11) is 1.14. The van der Waals surface area contributed by atoms with Gasteiger partial charge in [0, 0.05) is 12.8 Å². The molecule has 0 radical (unpaired) electrons. The van der Waals surface area contributed by atoms with Gasteiger partial charge in [-0.15, -0.1) is 0 Å². The number of phosphoric ester groups is 1. The molecular formula is C86H148NO8P. The Morgan fingerprint density at radius 3 is 0.885 bits per heavy atom. The van der Waals surface area contributed by atoms with Crippen LogP contribution in [0.1, 0.15) is 335 Å². The number of likely N-dealkylation sites (N-methyl/N-ethyl adjacent to an activating group) is 1. The average Bonchev–Trinajstić information content (AvgIpc) is 2.74. The summed E-state index contributed by atoms with van der Waals surface area (Å²) in [5, 5.41) is 0. The van der Waals surface area contributed by atoms with Gasteiger partial charge in [0.2, 0.25) is 0 Å². The Morgan fingerprint density at radius 1 is 0.333 bits per heavy atom. The Balaban J connectivity index is 4.05. The molecule has 10 heteroatoms. The molecule has 96 heavy (non-hydrogen) atoms. The summed E-state index contributed by atoms with van der Waals surface area (Å²) in [6, 6.07) is 0. The zero-order chi connectivity index (χ0) is 69.7. The molecule has 0 saturated heterocycles. The predicted octanol–water partition coefficient (Wildman–Crippen LogP) is 25.9. The molecule has 0 aromatic heterocycles. The number of quaternary nitrogens is 1. The van der Waals surface area contributed by atoms with Crippen LogP contribution in [0.2, 0.25) is 0 Å². The van der Waals surface area contributed by atoms with Crippen LogP contribution in [-0.2, 0) is 32.7 Å². The third-order valence-corrected chi connectivity index (χ3v) is 17.8. The highest BCUT2D eigenvalue weighted by molar-refractivity contribution is 7.45. The van der Waals surface area contributed by atoms with E-state index in [1.807, 2.05) is 21.1 Å². The molecular weight excluding hydrogens is 1210 g/mol. The third-order valence-electron chi connectivity index (χ3n) is 16.8. The molecule has 0 spiro atoms. The van der Waals surface area contributed by atoms with E-state index in [0.29, 0.717) is 17.4 Å². The fraction of sp³-hybridized carbons (Fsp3) is 0.698. The lowest BCUT2D eigenvalue weighted by Crippen LogP contribution is -2.37. The number of carbonyl (C=O) groups excluding carboxylic acids is 2. The minimum atomic E-state index is -4.66. The summed E-state index contributed by atoms with van der Waals surface area (Å²) in [5.74, 6) is -0.860. The van der Waals surface area contributed by atoms with Gasteiger partial charge in [-0.3, -0.25) is 14.2 Å². The fourth-order valence-corrected chi connectivity index (χ4v) is 11.6. The van der Waals surface area contributed by atoms with Gasteiger partial charge in [0.25, 0.3) is 7.82 Å². The van der Waals surface area contributed by atoms with Gasteiger partial charge in [-0.05, 0) is 122 Å². The van der Waals surface area contributed by atoms with Gasteiger partial charge in [-0.25, -0.2) is 0 Å². The van der Waals surface area contributed by atoms with E-state index >= 15 is 0 Å². The van der Waals surface area contributed by atoms with Crippen LogP contribution in [0.15, 0.2) is 146 Å². The van der Waals surface area contributed by atoms with Crippen molar-refractivity contribution < 1.29 is 42.1 Å². The number of hydrogen-bond acceptors (Lipinski definition) is 8. The summed E-state index contributed by atoms with van der Waals surface area (Å²) in [4.78, 5) is 38.2. The van der Waals surface area contributed by atoms with E-state index in [0.717, 1.165) is 116 Å². The lowest BCUT2D eigenvalue weighted by atomic mass is 10.0. The number of rotatable bonds is 72. The van der Waals surface area contributed by atoms with Crippen molar-refractivity contribution in [2.24, 2.45) is 0 Å². The Labute approximate surface area is 593 Å². The van der Waals surface area contributed by atoms with E-state index in [4.69, 9.17) is 18.5 Å². The molecule has 0 aromatic rings. The normalized spacial score (nSPS) is 13.9. The summed E-state index contributed by atoms with van der Waals surface area (Å²) < 4.78 is 34.4. The SMILES string of the molecule is CC/C=C\C/C=C\C/C=C\C/C=C\C/C=C\C/C=C\C/C=C\C/C=C\C/C=C\C/C=C\CCCCCCC(=O)OC(COC(=O)CCCCCCCCCCCCCCCCCCCCCCCCCCC/C=C\C/C=C\CCCCCCC)COP(=O)([O-])OCC[N+](C)(C)C. The number of phosphoric acid groups is 1. The first-order valence-corrected chi connectivity index (χ1v) is 41.0. The Kier molecular flexibility index (Phi) is 71.9. The van der Waals surface area contributed by atoms with E-state index in [1.165, 1.54) is 186 Å². The maximum absolute atomic E-state index is 12.9. The number of hydrogen-bond donors (Lipinski definition) is 0. The molecule has 2 atom stereocenters. The van der Waals surface area contributed by atoms with Crippen LogP contribution in [-0.4, -0.2) is 70.0 Å².